The maximum absolute atomic E-state index is 9.74. The van der Waals surface area contributed by atoms with Crippen LogP contribution in [-0.2, 0) is 0 Å². The van der Waals surface area contributed by atoms with Gasteiger partial charge in [-0.05, 0) is 25.1 Å². The molecule has 1 aliphatic heterocycles. The molecule has 0 aromatic rings. The smallest absolute Gasteiger partial charge is 0.0615 e. The topological polar surface area (TPSA) is 23.5 Å². The third-order valence-electron chi connectivity index (χ3n) is 2.88. The number of nitrogens with zero attached hydrogens (tertiary/aromatic N) is 1. The highest BCUT2D eigenvalue weighted by Gasteiger charge is 2.33. The second-order valence-electron chi connectivity index (χ2n) is 4.65. The summed E-state index contributed by atoms with van der Waals surface area (Å²) in [5.41, 5.74) is 0.0643. The van der Waals surface area contributed by atoms with E-state index in [2.05, 4.69) is 31.4 Å². The predicted molar refractivity (Wildman–Crippen MR) is 59.3 cm³/mol. The van der Waals surface area contributed by atoms with Crippen molar-refractivity contribution in [2.24, 2.45) is 5.41 Å². The number of piperidine rings is 1. The van der Waals surface area contributed by atoms with Crippen LogP contribution < -0.4 is 0 Å². The number of aliphatic hydroxyl groups excluding tert-OH is 1. The molecule has 0 aliphatic carbocycles. The second kappa shape index (κ2) is 4.67. The van der Waals surface area contributed by atoms with Crippen LogP contribution >= 0.6 is 12.6 Å². The third kappa shape index (κ3) is 3.15. The molecule has 1 atom stereocenters. The van der Waals surface area contributed by atoms with Crippen molar-refractivity contribution in [2.75, 3.05) is 25.4 Å². The van der Waals surface area contributed by atoms with Gasteiger partial charge in [-0.3, -0.25) is 0 Å². The largest absolute Gasteiger partial charge is 0.392 e. The van der Waals surface area contributed by atoms with Gasteiger partial charge in [-0.25, -0.2) is 0 Å². The van der Waals surface area contributed by atoms with Crippen LogP contribution in [0.25, 0.3) is 0 Å². The molecule has 2 nitrogen and oxygen atoms in total. The normalized spacial score (nSPS) is 29.1. The minimum atomic E-state index is -0.125. The molecular formula is C10H21NOS. The fourth-order valence-corrected chi connectivity index (χ4v) is 2.08. The van der Waals surface area contributed by atoms with Crippen molar-refractivity contribution in [1.29, 1.82) is 0 Å². The standard InChI is InChI=1S/C10H21NOS/c1-10(2)8-11(5-3-7-13)6-4-9(10)12/h9,12-13H,3-8H2,1-2H3. The zero-order valence-electron chi connectivity index (χ0n) is 8.66. The summed E-state index contributed by atoms with van der Waals surface area (Å²) in [5, 5.41) is 9.74. The Hall–Kier alpha value is 0.270. The van der Waals surface area contributed by atoms with Crippen molar-refractivity contribution < 1.29 is 5.11 Å². The molecule has 1 aliphatic rings. The summed E-state index contributed by atoms with van der Waals surface area (Å²) in [6.45, 7) is 7.47. The zero-order valence-corrected chi connectivity index (χ0v) is 9.56. The van der Waals surface area contributed by atoms with E-state index in [9.17, 15) is 5.11 Å². The molecule has 0 spiro atoms. The van der Waals surface area contributed by atoms with Gasteiger partial charge >= 0.3 is 0 Å². The summed E-state index contributed by atoms with van der Waals surface area (Å²) in [6, 6.07) is 0. The van der Waals surface area contributed by atoms with Crippen molar-refractivity contribution in [3.05, 3.63) is 0 Å². The molecule has 3 heteroatoms. The van der Waals surface area contributed by atoms with Crippen LogP contribution in [0.5, 0.6) is 0 Å². The van der Waals surface area contributed by atoms with E-state index in [1.54, 1.807) is 0 Å². The Morgan fingerprint density at radius 2 is 2.23 bits per heavy atom. The molecule has 1 N–H and O–H groups in total. The molecular weight excluding hydrogens is 182 g/mol. The number of aliphatic hydroxyl groups is 1. The first-order valence-electron chi connectivity index (χ1n) is 5.07. The molecule has 1 rings (SSSR count). The van der Waals surface area contributed by atoms with Gasteiger partial charge in [0.2, 0.25) is 0 Å². The molecule has 0 radical (unpaired) electrons. The Balaban J connectivity index is 2.37. The molecule has 0 saturated carbocycles. The molecule has 1 heterocycles. The lowest BCUT2D eigenvalue weighted by atomic mass is 9.81. The Morgan fingerprint density at radius 3 is 2.77 bits per heavy atom. The van der Waals surface area contributed by atoms with E-state index < -0.39 is 0 Å². The van der Waals surface area contributed by atoms with E-state index in [1.165, 1.54) is 0 Å². The monoisotopic (exact) mass is 203 g/mol. The summed E-state index contributed by atoms with van der Waals surface area (Å²) in [4.78, 5) is 2.43. The van der Waals surface area contributed by atoms with Crippen molar-refractivity contribution in [1.82, 2.24) is 4.90 Å². The van der Waals surface area contributed by atoms with Crippen molar-refractivity contribution in [2.45, 2.75) is 32.8 Å². The molecule has 0 aromatic carbocycles. The molecule has 0 aromatic heterocycles. The lowest BCUT2D eigenvalue weighted by Crippen LogP contribution is -2.48. The minimum absolute atomic E-state index is 0.0643. The minimum Gasteiger partial charge on any atom is -0.392 e. The first-order chi connectivity index (χ1) is 6.06. The van der Waals surface area contributed by atoms with Crippen molar-refractivity contribution in [3.63, 3.8) is 0 Å². The van der Waals surface area contributed by atoms with Gasteiger partial charge in [0, 0.05) is 18.5 Å². The Bertz CT molecular complexity index is 159. The number of rotatable bonds is 3. The zero-order chi connectivity index (χ0) is 9.90. The lowest BCUT2D eigenvalue weighted by molar-refractivity contribution is -0.0241. The fourth-order valence-electron chi connectivity index (χ4n) is 1.94. The van der Waals surface area contributed by atoms with E-state index in [1.807, 2.05) is 0 Å². The van der Waals surface area contributed by atoms with Gasteiger partial charge < -0.3 is 10.0 Å². The highest BCUT2D eigenvalue weighted by molar-refractivity contribution is 7.80. The SMILES string of the molecule is CC1(C)CN(CCCS)CCC1O. The Kier molecular flexibility index (Phi) is 4.07. The molecule has 1 fully saturated rings. The molecule has 13 heavy (non-hydrogen) atoms. The van der Waals surface area contributed by atoms with Crippen LogP contribution in [0, 0.1) is 5.41 Å². The fraction of sp³-hybridized carbons (Fsp3) is 1.00. The van der Waals surface area contributed by atoms with Gasteiger partial charge in [0.25, 0.3) is 0 Å². The van der Waals surface area contributed by atoms with Gasteiger partial charge in [0.1, 0.15) is 0 Å². The average Bonchev–Trinajstić information content (AvgIpc) is 2.07. The quantitative estimate of drug-likeness (QED) is 0.677. The van der Waals surface area contributed by atoms with Crippen LogP contribution in [0.15, 0.2) is 0 Å². The van der Waals surface area contributed by atoms with Gasteiger partial charge in [-0.2, -0.15) is 12.6 Å². The summed E-state index contributed by atoms with van der Waals surface area (Å²) >= 11 is 4.21. The van der Waals surface area contributed by atoms with Gasteiger partial charge in [0.05, 0.1) is 6.10 Å². The van der Waals surface area contributed by atoms with E-state index in [4.69, 9.17) is 0 Å². The maximum atomic E-state index is 9.74. The van der Waals surface area contributed by atoms with E-state index in [0.717, 1.165) is 38.2 Å². The first kappa shape index (κ1) is 11.3. The van der Waals surface area contributed by atoms with Gasteiger partial charge in [-0.1, -0.05) is 13.8 Å². The molecule has 0 amide bonds. The summed E-state index contributed by atoms with van der Waals surface area (Å²) in [7, 11) is 0. The third-order valence-corrected chi connectivity index (χ3v) is 3.20. The molecule has 1 saturated heterocycles. The molecule has 1 unspecified atom stereocenters. The van der Waals surface area contributed by atoms with Crippen molar-refractivity contribution in [3.8, 4) is 0 Å². The summed E-state index contributed by atoms with van der Waals surface area (Å²) in [5.74, 6) is 0.958. The number of likely N-dealkylation sites (tertiary alicyclic amines) is 1. The average molecular weight is 203 g/mol. The van der Waals surface area contributed by atoms with E-state index >= 15 is 0 Å². The number of hydrogen-bond donors (Lipinski definition) is 2. The maximum Gasteiger partial charge on any atom is 0.0615 e. The first-order valence-corrected chi connectivity index (χ1v) is 5.71. The number of hydrogen-bond acceptors (Lipinski definition) is 3. The second-order valence-corrected chi connectivity index (χ2v) is 5.09. The Morgan fingerprint density at radius 1 is 1.54 bits per heavy atom. The van der Waals surface area contributed by atoms with E-state index in [0.29, 0.717) is 0 Å². The predicted octanol–water partition coefficient (Wildman–Crippen LogP) is 1.40. The van der Waals surface area contributed by atoms with Gasteiger partial charge in [-0.15, -0.1) is 0 Å². The highest BCUT2D eigenvalue weighted by Crippen LogP contribution is 2.28. The molecule has 78 valence electrons. The van der Waals surface area contributed by atoms with Crippen LogP contribution in [-0.4, -0.2) is 41.5 Å². The highest BCUT2D eigenvalue weighted by atomic mass is 32.1. The van der Waals surface area contributed by atoms with Crippen molar-refractivity contribution >= 4 is 12.6 Å². The molecule has 0 bridgehead atoms. The Labute approximate surface area is 86.7 Å². The van der Waals surface area contributed by atoms with Crippen LogP contribution in [0.3, 0.4) is 0 Å². The summed E-state index contributed by atoms with van der Waals surface area (Å²) in [6.07, 6.45) is 1.94. The van der Waals surface area contributed by atoms with Crippen LogP contribution in [0.2, 0.25) is 0 Å². The lowest BCUT2D eigenvalue weighted by Gasteiger charge is -2.41. The van der Waals surface area contributed by atoms with Crippen LogP contribution in [0.1, 0.15) is 26.7 Å². The van der Waals surface area contributed by atoms with Crippen LogP contribution in [0.4, 0.5) is 0 Å². The van der Waals surface area contributed by atoms with Gasteiger partial charge in [0.15, 0.2) is 0 Å². The number of thiol groups is 1. The summed E-state index contributed by atoms with van der Waals surface area (Å²) < 4.78 is 0. The van der Waals surface area contributed by atoms with E-state index in [-0.39, 0.29) is 11.5 Å².